The average Bonchev–Trinajstić information content (AvgIpc) is 2.79. The van der Waals surface area contributed by atoms with E-state index in [1.54, 1.807) is 11.3 Å². The molecular formula is C10H12BrNOS. The second kappa shape index (κ2) is 4.13. The van der Waals surface area contributed by atoms with Gasteiger partial charge in [-0.3, -0.25) is 4.90 Å². The van der Waals surface area contributed by atoms with Crippen LogP contribution in [0.1, 0.15) is 17.7 Å². The van der Waals surface area contributed by atoms with Crippen LogP contribution in [0, 0.1) is 0 Å². The van der Waals surface area contributed by atoms with Crippen molar-refractivity contribution in [2.24, 2.45) is 0 Å². The molecule has 1 saturated heterocycles. The van der Waals surface area contributed by atoms with Crippen molar-refractivity contribution >= 4 is 33.6 Å². The van der Waals surface area contributed by atoms with Crippen LogP contribution >= 0.6 is 27.3 Å². The van der Waals surface area contributed by atoms with Crippen molar-refractivity contribution in [2.45, 2.75) is 23.8 Å². The summed E-state index contributed by atoms with van der Waals surface area (Å²) in [6.45, 7) is 1.88. The molecule has 1 aromatic rings. The Kier molecular flexibility index (Phi) is 3.04. The van der Waals surface area contributed by atoms with Gasteiger partial charge in [0.25, 0.3) is 0 Å². The third kappa shape index (κ3) is 1.92. The van der Waals surface area contributed by atoms with E-state index in [1.165, 1.54) is 4.88 Å². The highest BCUT2D eigenvalue weighted by Gasteiger charge is 2.38. The van der Waals surface area contributed by atoms with E-state index in [2.05, 4.69) is 32.3 Å². The van der Waals surface area contributed by atoms with Gasteiger partial charge in [0, 0.05) is 18.0 Å². The lowest BCUT2D eigenvalue weighted by Gasteiger charge is -2.27. The number of carbonyl (C=O) groups is 1. The van der Waals surface area contributed by atoms with Crippen molar-refractivity contribution in [1.29, 1.82) is 0 Å². The Hall–Kier alpha value is -0.190. The quantitative estimate of drug-likeness (QED) is 0.480. The molecule has 2 heterocycles. The topological polar surface area (TPSA) is 20.3 Å². The molecule has 0 radical (unpaired) electrons. The first-order chi connectivity index (χ1) is 6.74. The fourth-order valence-corrected chi connectivity index (χ4v) is 3.10. The van der Waals surface area contributed by atoms with Crippen LogP contribution in [0.3, 0.4) is 0 Å². The van der Waals surface area contributed by atoms with Crippen molar-refractivity contribution < 1.29 is 4.79 Å². The summed E-state index contributed by atoms with van der Waals surface area (Å²) in [6.07, 6.45) is 3.03. The van der Waals surface area contributed by atoms with Crippen LogP contribution in [0.4, 0.5) is 0 Å². The zero-order chi connectivity index (χ0) is 10.0. The van der Waals surface area contributed by atoms with E-state index in [-0.39, 0.29) is 0 Å². The summed E-state index contributed by atoms with van der Waals surface area (Å²) in [7, 11) is 0. The number of rotatable bonds is 3. The molecule has 0 aromatic carbocycles. The minimum Gasteiger partial charge on any atom is -0.300 e. The van der Waals surface area contributed by atoms with Crippen LogP contribution in [0.15, 0.2) is 17.5 Å². The van der Waals surface area contributed by atoms with Gasteiger partial charge in [-0.1, -0.05) is 22.0 Å². The van der Waals surface area contributed by atoms with Gasteiger partial charge < -0.3 is 4.79 Å². The third-order valence-corrected chi connectivity index (χ3v) is 4.53. The van der Waals surface area contributed by atoms with Gasteiger partial charge in [0.1, 0.15) is 4.45 Å². The fourth-order valence-electron chi connectivity index (χ4n) is 1.80. The Bertz CT molecular complexity index is 314. The molecule has 1 aromatic heterocycles. The van der Waals surface area contributed by atoms with Crippen LogP contribution in [-0.4, -0.2) is 22.2 Å². The van der Waals surface area contributed by atoms with Gasteiger partial charge >= 0.3 is 0 Å². The molecule has 0 spiro atoms. The number of hydrogen-bond donors (Lipinski definition) is 0. The number of halogens is 1. The second-order valence-electron chi connectivity index (χ2n) is 3.54. The largest absolute Gasteiger partial charge is 0.300 e. The molecule has 2 nitrogen and oxygen atoms in total. The number of likely N-dealkylation sites (tertiary alicyclic amines) is 1. The highest BCUT2D eigenvalue weighted by atomic mass is 79.9. The lowest BCUT2D eigenvalue weighted by Crippen LogP contribution is -2.38. The first-order valence-corrected chi connectivity index (χ1v) is 6.34. The van der Waals surface area contributed by atoms with Crippen molar-refractivity contribution in [2.75, 3.05) is 6.54 Å². The summed E-state index contributed by atoms with van der Waals surface area (Å²) in [5.74, 6) is 0. The fraction of sp³-hybridized carbons (Fsp3) is 0.500. The Morgan fingerprint density at radius 1 is 1.71 bits per heavy atom. The summed E-state index contributed by atoms with van der Waals surface area (Å²) in [5, 5.41) is 2.07. The molecule has 2 rings (SSSR count). The predicted octanol–water partition coefficient (Wildman–Crippen LogP) is 2.63. The summed E-state index contributed by atoms with van der Waals surface area (Å²) in [4.78, 5) is 14.5. The van der Waals surface area contributed by atoms with Gasteiger partial charge in [-0.05, 0) is 24.3 Å². The smallest absolute Gasteiger partial charge is 0.151 e. The molecule has 4 heteroatoms. The van der Waals surface area contributed by atoms with Gasteiger partial charge in [0.2, 0.25) is 0 Å². The van der Waals surface area contributed by atoms with Crippen LogP contribution in [0.5, 0.6) is 0 Å². The maximum absolute atomic E-state index is 11.0. The lowest BCUT2D eigenvalue weighted by atomic mass is 10.2. The zero-order valence-electron chi connectivity index (χ0n) is 7.78. The number of alkyl halides is 1. The van der Waals surface area contributed by atoms with E-state index in [9.17, 15) is 4.79 Å². The summed E-state index contributed by atoms with van der Waals surface area (Å²) >= 11 is 5.26. The Balaban J connectivity index is 2.08. The molecule has 14 heavy (non-hydrogen) atoms. The van der Waals surface area contributed by atoms with Gasteiger partial charge in [-0.25, -0.2) is 0 Å². The normalized spacial score (nSPS) is 28.1. The highest BCUT2D eigenvalue weighted by molar-refractivity contribution is 9.10. The molecule has 1 atom stereocenters. The molecule has 1 aliphatic rings. The third-order valence-electron chi connectivity index (χ3n) is 2.59. The van der Waals surface area contributed by atoms with Crippen molar-refractivity contribution in [3.8, 4) is 0 Å². The first-order valence-electron chi connectivity index (χ1n) is 4.67. The first kappa shape index (κ1) is 10.3. The second-order valence-corrected chi connectivity index (χ2v) is 5.95. The maximum atomic E-state index is 11.0. The zero-order valence-corrected chi connectivity index (χ0v) is 10.2. The van der Waals surface area contributed by atoms with Gasteiger partial charge in [-0.15, -0.1) is 11.3 Å². The molecule has 0 aliphatic carbocycles. The van der Waals surface area contributed by atoms with Crippen molar-refractivity contribution in [1.82, 2.24) is 4.90 Å². The summed E-state index contributed by atoms with van der Waals surface area (Å²) < 4.78 is -0.406. The number of aldehydes is 1. The number of nitrogens with zero attached hydrogens (tertiary/aromatic N) is 1. The van der Waals surface area contributed by atoms with Crippen LogP contribution < -0.4 is 0 Å². The Labute approximate surface area is 96.0 Å². The molecule has 1 aliphatic heterocycles. The summed E-state index contributed by atoms with van der Waals surface area (Å²) in [5.41, 5.74) is 0. The Morgan fingerprint density at radius 2 is 2.57 bits per heavy atom. The van der Waals surface area contributed by atoms with Crippen LogP contribution in [0.25, 0.3) is 0 Å². The number of thiophene rings is 1. The minimum atomic E-state index is -0.406. The van der Waals surface area contributed by atoms with Crippen molar-refractivity contribution in [3.05, 3.63) is 22.4 Å². The van der Waals surface area contributed by atoms with Crippen LogP contribution in [-0.2, 0) is 11.3 Å². The molecule has 0 saturated carbocycles. The highest BCUT2D eigenvalue weighted by Crippen LogP contribution is 2.34. The van der Waals surface area contributed by atoms with Crippen molar-refractivity contribution in [3.63, 3.8) is 0 Å². The van der Waals surface area contributed by atoms with E-state index in [0.717, 1.165) is 32.2 Å². The monoisotopic (exact) mass is 273 g/mol. The molecular weight excluding hydrogens is 262 g/mol. The maximum Gasteiger partial charge on any atom is 0.151 e. The number of carbonyl (C=O) groups excluding carboxylic acids is 1. The van der Waals surface area contributed by atoms with Gasteiger partial charge in [0.05, 0.1) is 0 Å². The van der Waals surface area contributed by atoms with E-state index >= 15 is 0 Å². The lowest BCUT2D eigenvalue weighted by molar-refractivity contribution is -0.112. The molecule has 0 bridgehead atoms. The minimum absolute atomic E-state index is 0.406. The standard InChI is InChI=1S/C10H12BrNOS/c11-10(8-13)4-2-5-12(10)7-9-3-1-6-14-9/h1,3,6,8H,2,4-5,7H2. The van der Waals surface area contributed by atoms with E-state index in [0.29, 0.717) is 0 Å². The molecule has 0 amide bonds. The van der Waals surface area contributed by atoms with Gasteiger partial charge in [-0.2, -0.15) is 0 Å². The van der Waals surface area contributed by atoms with Crippen LogP contribution in [0.2, 0.25) is 0 Å². The predicted molar refractivity (Wildman–Crippen MR) is 61.7 cm³/mol. The molecule has 1 fully saturated rings. The average molecular weight is 274 g/mol. The van der Waals surface area contributed by atoms with E-state index < -0.39 is 4.45 Å². The molecule has 1 unspecified atom stereocenters. The Morgan fingerprint density at radius 3 is 3.21 bits per heavy atom. The summed E-state index contributed by atoms with van der Waals surface area (Å²) in [6, 6.07) is 4.16. The van der Waals surface area contributed by atoms with Gasteiger partial charge in [0.15, 0.2) is 6.29 Å². The van der Waals surface area contributed by atoms with E-state index in [1.807, 2.05) is 6.07 Å². The number of hydrogen-bond acceptors (Lipinski definition) is 3. The molecule has 0 N–H and O–H groups in total. The SMILES string of the molecule is O=CC1(Br)CCCN1Cc1cccs1. The van der Waals surface area contributed by atoms with E-state index in [4.69, 9.17) is 0 Å². The molecule has 76 valence electrons.